The van der Waals surface area contributed by atoms with Gasteiger partial charge >= 0.3 is 0 Å². The molecule has 0 saturated carbocycles. The van der Waals surface area contributed by atoms with Gasteiger partial charge in [0, 0.05) is 0 Å². The van der Waals surface area contributed by atoms with Gasteiger partial charge in [0.15, 0.2) is 4.93 Å². The van der Waals surface area contributed by atoms with Crippen molar-refractivity contribution in [1.82, 2.24) is 0 Å². The molecule has 0 aliphatic rings. The van der Waals surface area contributed by atoms with Gasteiger partial charge in [-0.25, -0.2) is 8.42 Å². The summed E-state index contributed by atoms with van der Waals surface area (Å²) >= 11 is 0. The van der Waals surface area contributed by atoms with Crippen LogP contribution in [0, 0.1) is 0 Å². The van der Waals surface area contributed by atoms with Gasteiger partial charge in [-0.2, -0.15) is 0 Å². The lowest BCUT2D eigenvalue weighted by atomic mass is 10.0. The van der Waals surface area contributed by atoms with Crippen LogP contribution >= 0.6 is 0 Å². The minimum Gasteiger partial charge on any atom is -0.374 e. The summed E-state index contributed by atoms with van der Waals surface area (Å²) in [7, 11) is -3.66. The van der Waals surface area contributed by atoms with Crippen LogP contribution in [0.5, 0.6) is 0 Å². The Hall–Kier alpha value is -0.870. The van der Waals surface area contributed by atoms with Crippen LogP contribution in [0.3, 0.4) is 0 Å². The van der Waals surface area contributed by atoms with E-state index in [1.54, 1.807) is 24.3 Å². The summed E-state index contributed by atoms with van der Waals surface area (Å²) in [5, 5.41) is 9.59. The second-order valence-corrected chi connectivity index (χ2v) is 7.15. The van der Waals surface area contributed by atoms with E-state index in [4.69, 9.17) is 0 Å². The fourth-order valence-electron chi connectivity index (χ4n) is 1.32. The summed E-state index contributed by atoms with van der Waals surface area (Å²) in [4.78, 5) is -1.59. The van der Waals surface area contributed by atoms with Gasteiger partial charge < -0.3 is 5.11 Å². The van der Waals surface area contributed by atoms with Gasteiger partial charge in [0.05, 0.1) is 4.90 Å². The van der Waals surface area contributed by atoms with E-state index in [-0.39, 0.29) is 4.90 Å². The smallest absolute Gasteiger partial charge is 0.207 e. The highest BCUT2D eigenvalue weighted by Crippen LogP contribution is 2.24. The van der Waals surface area contributed by atoms with E-state index in [9.17, 15) is 13.5 Å². The van der Waals surface area contributed by atoms with E-state index >= 15 is 0 Å². The third-order valence-corrected chi connectivity index (χ3v) is 4.72. The van der Waals surface area contributed by atoms with Crippen molar-refractivity contribution < 1.29 is 13.5 Å². The van der Waals surface area contributed by atoms with Crippen LogP contribution in [0.2, 0.25) is 0 Å². The maximum absolute atomic E-state index is 11.9. The Morgan fingerprint density at radius 2 is 1.56 bits per heavy atom. The third-order valence-electron chi connectivity index (χ3n) is 2.51. The highest BCUT2D eigenvalue weighted by Gasteiger charge is 2.32. The molecule has 3 nitrogen and oxygen atoms in total. The number of benzene rings is 1. The third kappa shape index (κ3) is 2.44. The first-order valence-corrected chi connectivity index (χ1v) is 6.71. The van der Waals surface area contributed by atoms with Crippen molar-refractivity contribution >= 4 is 9.84 Å². The van der Waals surface area contributed by atoms with Gasteiger partial charge in [-0.05, 0) is 37.5 Å². The zero-order valence-corrected chi connectivity index (χ0v) is 10.9. The van der Waals surface area contributed by atoms with Crippen molar-refractivity contribution in [2.24, 2.45) is 0 Å². The predicted octanol–water partition coefficient (Wildman–Crippen LogP) is 2.31. The molecule has 0 radical (unpaired) electrons. The molecule has 0 amide bonds. The van der Waals surface area contributed by atoms with Crippen LogP contribution in [-0.4, -0.2) is 18.5 Å². The number of rotatable bonds is 3. The lowest BCUT2D eigenvalue weighted by molar-refractivity contribution is 0.165. The zero-order valence-electron chi connectivity index (χ0n) is 10.1. The molecule has 1 aromatic carbocycles. The Morgan fingerprint density at radius 3 is 1.88 bits per heavy atom. The van der Waals surface area contributed by atoms with Gasteiger partial charge in [-0.15, -0.1) is 0 Å². The van der Waals surface area contributed by atoms with Crippen molar-refractivity contribution in [2.75, 3.05) is 0 Å². The minimum atomic E-state index is -3.66. The summed E-state index contributed by atoms with van der Waals surface area (Å²) in [6, 6.07) is 6.65. The monoisotopic (exact) mass is 242 g/mol. The van der Waals surface area contributed by atoms with Gasteiger partial charge in [0.1, 0.15) is 0 Å². The lowest BCUT2D eigenvalue weighted by Gasteiger charge is -2.18. The van der Waals surface area contributed by atoms with Gasteiger partial charge in [0.25, 0.3) is 0 Å². The van der Waals surface area contributed by atoms with E-state index < -0.39 is 14.8 Å². The Bertz CT molecular complexity index is 450. The van der Waals surface area contributed by atoms with Crippen molar-refractivity contribution in [3.8, 4) is 0 Å². The number of sulfone groups is 1. The van der Waals surface area contributed by atoms with E-state index in [0.717, 1.165) is 5.56 Å². The maximum atomic E-state index is 11.9. The summed E-state index contributed by atoms with van der Waals surface area (Å²) < 4.78 is 23.8. The van der Waals surface area contributed by atoms with Crippen LogP contribution in [0.25, 0.3) is 0 Å². The Labute approximate surface area is 97.0 Å². The van der Waals surface area contributed by atoms with E-state index in [2.05, 4.69) is 0 Å². The molecule has 0 heterocycles. The van der Waals surface area contributed by atoms with E-state index in [1.165, 1.54) is 13.8 Å². The van der Waals surface area contributed by atoms with Crippen molar-refractivity contribution in [1.29, 1.82) is 0 Å². The van der Waals surface area contributed by atoms with Crippen LogP contribution in [-0.2, 0) is 9.84 Å². The SMILES string of the molecule is CC(C)c1ccc(S(=O)(=O)C(C)(C)O)cc1. The lowest BCUT2D eigenvalue weighted by Crippen LogP contribution is -2.31. The summed E-state index contributed by atoms with van der Waals surface area (Å²) in [6.07, 6.45) is 0. The van der Waals surface area contributed by atoms with E-state index in [0.29, 0.717) is 5.92 Å². The van der Waals surface area contributed by atoms with Crippen LogP contribution in [0.4, 0.5) is 0 Å². The molecule has 0 aromatic heterocycles. The highest BCUT2D eigenvalue weighted by molar-refractivity contribution is 7.92. The normalized spacial score (nSPS) is 13.1. The minimum absolute atomic E-state index is 0.157. The molecule has 0 aliphatic heterocycles. The molecule has 90 valence electrons. The first kappa shape index (κ1) is 13.2. The molecule has 1 N–H and O–H groups in total. The molecule has 16 heavy (non-hydrogen) atoms. The standard InChI is InChI=1S/C12H18O3S/c1-9(2)10-5-7-11(8-6-10)16(14,15)12(3,4)13/h5-9,13H,1-4H3. The second-order valence-electron chi connectivity index (χ2n) is 4.67. The van der Waals surface area contributed by atoms with Gasteiger partial charge in [-0.3, -0.25) is 0 Å². The predicted molar refractivity (Wildman–Crippen MR) is 64.0 cm³/mol. The summed E-state index contributed by atoms with van der Waals surface area (Å²) in [6.45, 7) is 6.64. The van der Waals surface area contributed by atoms with Crippen LogP contribution < -0.4 is 0 Å². The molecule has 0 fully saturated rings. The molecule has 1 rings (SSSR count). The molecule has 0 aliphatic carbocycles. The average molecular weight is 242 g/mol. The Kier molecular flexibility index (Phi) is 3.45. The van der Waals surface area contributed by atoms with Crippen molar-refractivity contribution in [3.05, 3.63) is 29.8 Å². The molecular weight excluding hydrogens is 224 g/mol. The van der Waals surface area contributed by atoms with Gasteiger partial charge in [-0.1, -0.05) is 26.0 Å². The molecule has 4 heteroatoms. The molecule has 0 atom stereocenters. The zero-order chi connectivity index (χ0) is 12.6. The molecule has 0 saturated heterocycles. The fraction of sp³-hybridized carbons (Fsp3) is 0.500. The summed E-state index contributed by atoms with van der Waals surface area (Å²) in [5.74, 6) is 0.360. The van der Waals surface area contributed by atoms with Crippen LogP contribution in [0.1, 0.15) is 39.2 Å². The number of hydrogen-bond acceptors (Lipinski definition) is 3. The quantitative estimate of drug-likeness (QED) is 0.885. The first-order chi connectivity index (χ1) is 7.16. The maximum Gasteiger partial charge on any atom is 0.207 e. The molecular formula is C12H18O3S. The average Bonchev–Trinajstić information content (AvgIpc) is 2.16. The number of hydrogen-bond donors (Lipinski definition) is 1. The first-order valence-electron chi connectivity index (χ1n) is 5.23. The van der Waals surface area contributed by atoms with Crippen molar-refractivity contribution in [2.45, 2.75) is 43.4 Å². The van der Waals surface area contributed by atoms with Crippen LogP contribution in [0.15, 0.2) is 29.2 Å². The highest BCUT2D eigenvalue weighted by atomic mass is 32.2. The fourth-order valence-corrected chi connectivity index (χ4v) is 2.39. The number of aliphatic hydroxyl groups is 1. The second kappa shape index (κ2) is 4.18. The molecule has 0 unspecified atom stereocenters. The molecule has 0 spiro atoms. The summed E-state index contributed by atoms with van der Waals surface area (Å²) in [5.41, 5.74) is 1.08. The Morgan fingerprint density at radius 1 is 1.12 bits per heavy atom. The molecule has 1 aromatic rings. The van der Waals surface area contributed by atoms with E-state index in [1.807, 2.05) is 13.8 Å². The van der Waals surface area contributed by atoms with Gasteiger partial charge in [0.2, 0.25) is 9.84 Å². The topological polar surface area (TPSA) is 54.4 Å². The van der Waals surface area contributed by atoms with Crippen molar-refractivity contribution in [3.63, 3.8) is 0 Å². The Balaban J connectivity index is 3.18. The largest absolute Gasteiger partial charge is 0.374 e. The molecule has 0 bridgehead atoms.